The summed E-state index contributed by atoms with van der Waals surface area (Å²) in [6.07, 6.45) is 2.72. The molecule has 4 aromatic rings. The average Bonchev–Trinajstić information content (AvgIpc) is 3.15. The van der Waals surface area contributed by atoms with Crippen LogP contribution in [0.3, 0.4) is 0 Å². The molecule has 27 heavy (non-hydrogen) atoms. The fourth-order valence-corrected chi connectivity index (χ4v) is 3.74. The molecule has 0 aliphatic rings. The maximum absolute atomic E-state index is 10.4. The van der Waals surface area contributed by atoms with Crippen molar-refractivity contribution in [3.05, 3.63) is 47.7 Å². The zero-order chi connectivity index (χ0) is 19.3. The van der Waals surface area contributed by atoms with Gasteiger partial charge in [-0.05, 0) is 48.7 Å². The molecule has 0 saturated carbocycles. The molecule has 0 fully saturated rings. The van der Waals surface area contributed by atoms with E-state index in [4.69, 9.17) is 0 Å². The summed E-state index contributed by atoms with van der Waals surface area (Å²) in [5, 5.41) is 30.3. The molecular formula is C20H20N4O2S. The van der Waals surface area contributed by atoms with Gasteiger partial charge in [-0.15, -0.1) is 22.8 Å². The second-order valence-corrected chi connectivity index (χ2v) is 7.04. The van der Waals surface area contributed by atoms with Crippen LogP contribution < -0.4 is 0 Å². The fraction of sp³-hybridized carbons (Fsp3) is 0.200. The minimum absolute atomic E-state index is 0.0522. The van der Waals surface area contributed by atoms with Crippen molar-refractivity contribution >= 4 is 23.5 Å². The number of benzene rings is 2. The molecule has 6 nitrogen and oxygen atoms in total. The van der Waals surface area contributed by atoms with E-state index in [-0.39, 0.29) is 11.5 Å². The summed E-state index contributed by atoms with van der Waals surface area (Å²) in [5.41, 5.74) is 4.39. The van der Waals surface area contributed by atoms with Crippen LogP contribution in [0.15, 0.2) is 41.7 Å². The lowest BCUT2D eigenvalue weighted by Crippen LogP contribution is -1.99. The molecule has 2 N–H and O–H groups in total. The average molecular weight is 380 g/mol. The van der Waals surface area contributed by atoms with E-state index in [1.54, 1.807) is 10.6 Å². The maximum Gasteiger partial charge on any atom is 0.193 e. The molecule has 0 unspecified atom stereocenters. The van der Waals surface area contributed by atoms with Crippen molar-refractivity contribution in [1.29, 1.82) is 0 Å². The van der Waals surface area contributed by atoms with Crippen LogP contribution >= 0.6 is 12.6 Å². The Labute approximate surface area is 162 Å². The molecular weight excluding hydrogens is 360 g/mol. The lowest BCUT2D eigenvalue weighted by Gasteiger charge is -2.12. The minimum atomic E-state index is -0.0522. The van der Waals surface area contributed by atoms with Gasteiger partial charge in [-0.3, -0.25) is 4.57 Å². The van der Waals surface area contributed by atoms with Gasteiger partial charge in [0.25, 0.3) is 0 Å². The summed E-state index contributed by atoms with van der Waals surface area (Å²) < 4.78 is 3.88. The van der Waals surface area contributed by atoms with Crippen LogP contribution in [0, 0.1) is 6.92 Å². The predicted octanol–water partition coefficient (Wildman–Crippen LogP) is 4.00. The molecule has 0 aliphatic heterocycles. The first-order chi connectivity index (χ1) is 12.9. The van der Waals surface area contributed by atoms with Gasteiger partial charge in [0.2, 0.25) is 0 Å². The number of phenolic OH excluding ortho intramolecular Hbond substituents is 2. The first kappa shape index (κ1) is 17.5. The number of hydrogen-bond donors (Lipinski definition) is 3. The highest BCUT2D eigenvalue weighted by atomic mass is 32.1. The molecule has 0 spiro atoms. The van der Waals surface area contributed by atoms with Crippen molar-refractivity contribution < 1.29 is 10.2 Å². The lowest BCUT2D eigenvalue weighted by atomic mass is 10.1. The van der Waals surface area contributed by atoms with Gasteiger partial charge in [0.15, 0.2) is 11.0 Å². The fourth-order valence-electron chi connectivity index (χ4n) is 3.49. The molecule has 2 heterocycles. The molecule has 2 aromatic carbocycles. The summed E-state index contributed by atoms with van der Waals surface area (Å²) in [6.45, 7) is 4.01. The Morgan fingerprint density at radius 3 is 2.59 bits per heavy atom. The Balaban J connectivity index is 1.95. The van der Waals surface area contributed by atoms with Crippen molar-refractivity contribution in [1.82, 2.24) is 19.3 Å². The molecule has 7 heteroatoms. The van der Waals surface area contributed by atoms with Gasteiger partial charge in [0, 0.05) is 30.2 Å². The third kappa shape index (κ3) is 2.75. The zero-order valence-electron chi connectivity index (χ0n) is 15.3. The zero-order valence-corrected chi connectivity index (χ0v) is 16.2. The predicted molar refractivity (Wildman–Crippen MR) is 108 cm³/mol. The first-order valence-corrected chi connectivity index (χ1v) is 9.11. The van der Waals surface area contributed by atoms with E-state index in [9.17, 15) is 10.2 Å². The van der Waals surface area contributed by atoms with Crippen LogP contribution in [0.25, 0.3) is 28.0 Å². The molecule has 0 radical (unpaired) electrons. The molecule has 0 atom stereocenters. The van der Waals surface area contributed by atoms with Crippen molar-refractivity contribution in [2.45, 2.75) is 25.4 Å². The van der Waals surface area contributed by atoms with Crippen LogP contribution in [0.5, 0.6) is 11.5 Å². The third-order valence-corrected chi connectivity index (χ3v) is 5.18. The van der Waals surface area contributed by atoms with Crippen LogP contribution in [-0.4, -0.2) is 29.5 Å². The molecule has 2 aromatic heterocycles. The number of thiol groups is 1. The monoisotopic (exact) mass is 380 g/mol. The number of nitrogens with zero attached hydrogens (tertiary/aromatic N) is 4. The number of aromatic nitrogens is 4. The summed E-state index contributed by atoms with van der Waals surface area (Å²) in [6, 6.07) is 9.17. The summed E-state index contributed by atoms with van der Waals surface area (Å²) in [7, 11) is 2.02. The number of rotatable bonds is 3. The Morgan fingerprint density at radius 1 is 1.07 bits per heavy atom. The topological polar surface area (TPSA) is 76.1 Å². The number of aryl methyl sites for hydroxylation is 3. The van der Waals surface area contributed by atoms with Crippen LogP contribution in [0.4, 0.5) is 0 Å². The molecule has 0 bridgehead atoms. The van der Waals surface area contributed by atoms with E-state index < -0.39 is 0 Å². The van der Waals surface area contributed by atoms with Gasteiger partial charge >= 0.3 is 0 Å². The Morgan fingerprint density at radius 2 is 1.85 bits per heavy atom. The van der Waals surface area contributed by atoms with Gasteiger partial charge in [-0.2, -0.15) is 0 Å². The standard InChI is InChI=1S/C20H20N4O2S/c1-4-12-7-15(18(26)9-17(12)25)19-21-22-20(27)24(19)13-5-6-16-14(8-13)11(2)10-23(16)3/h5-10,25-26H,4H2,1-3H3,(H,22,27). The van der Waals surface area contributed by atoms with Gasteiger partial charge in [-0.25, -0.2) is 0 Å². The molecule has 0 amide bonds. The Hall–Kier alpha value is -2.93. The molecule has 0 aliphatic carbocycles. The maximum atomic E-state index is 10.4. The first-order valence-electron chi connectivity index (χ1n) is 8.66. The smallest absolute Gasteiger partial charge is 0.193 e. The molecule has 0 saturated heterocycles. The third-order valence-electron chi connectivity index (χ3n) is 4.90. The number of fused-ring (bicyclic) bond motifs is 1. The van der Waals surface area contributed by atoms with E-state index in [0.29, 0.717) is 23.0 Å². The second-order valence-electron chi connectivity index (χ2n) is 6.64. The Bertz CT molecular complexity index is 1180. The van der Waals surface area contributed by atoms with E-state index >= 15 is 0 Å². The van der Waals surface area contributed by atoms with Gasteiger partial charge in [0.05, 0.1) is 11.3 Å². The van der Waals surface area contributed by atoms with Crippen molar-refractivity contribution in [2.24, 2.45) is 7.05 Å². The minimum Gasteiger partial charge on any atom is -0.508 e. The van der Waals surface area contributed by atoms with E-state index in [0.717, 1.165) is 22.2 Å². The second kappa shape index (κ2) is 6.35. The summed E-state index contributed by atoms with van der Waals surface area (Å²) >= 11 is 4.46. The quantitative estimate of drug-likeness (QED) is 0.470. The van der Waals surface area contributed by atoms with Crippen molar-refractivity contribution in [2.75, 3.05) is 0 Å². The van der Waals surface area contributed by atoms with E-state index in [2.05, 4.69) is 46.6 Å². The number of hydrogen-bond acceptors (Lipinski definition) is 5. The highest BCUT2D eigenvalue weighted by Gasteiger charge is 2.19. The highest BCUT2D eigenvalue weighted by Crippen LogP contribution is 2.36. The van der Waals surface area contributed by atoms with Gasteiger partial charge in [-0.1, -0.05) is 6.92 Å². The summed E-state index contributed by atoms with van der Waals surface area (Å²) in [4.78, 5) is 0. The largest absolute Gasteiger partial charge is 0.508 e. The molecule has 4 rings (SSSR count). The van der Waals surface area contributed by atoms with E-state index in [1.807, 2.05) is 26.1 Å². The Kier molecular flexibility index (Phi) is 4.11. The van der Waals surface area contributed by atoms with Crippen LogP contribution in [0.1, 0.15) is 18.1 Å². The highest BCUT2D eigenvalue weighted by molar-refractivity contribution is 7.80. The SMILES string of the molecule is CCc1cc(-c2nnc(S)n2-c2ccc3c(c2)c(C)cn3C)c(O)cc1O. The molecule has 138 valence electrons. The van der Waals surface area contributed by atoms with Crippen molar-refractivity contribution in [3.8, 4) is 28.6 Å². The van der Waals surface area contributed by atoms with Crippen molar-refractivity contribution in [3.63, 3.8) is 0 Å². The lowest BCUT2D eigenvalue weighted by molar-refractivity contribution is 0.447. The van der Waals surface area contributed by atoms with Gasteiger partial charge in [0.1, 0.15) is 11.5 Å². The normalized spacial score (nSPS) is 11.4. The number of aromatic hydroxyl groups is 2. The van der Waals surface area contributed by atoms with Gasteiger partial charge < -0.3 is 14.8 Å². The number of phenols is 2. The van der Waals surface area contributed by atoms with Crippen LogP contribution in [-0.2, 0) is 13.5 Å². The van der Waals surface area contributed by atoms with Crippen LogP contribution in [0.2, 0.25) is 0 Å². The van der Waals surface area contributed by atoms with E-state index in [1.165, 1.54) is 11.6 Å². The summed E-state index contributed by atoms with van der Waals surface area (Å²) in [5.74, 6) is 0.487.